The molecule has 2 aromatic heterocycles. The van der Waals surface area contributed by atoms with Crippen LogP contribution in [0.15, 0.2) is 30.9 Å². The smallest absolute Gasteiger partial charge is 0.250 e. The van der Waals surface area contributed by atoms with E-state index in [9.17, 15) is 4.79 Å². The second-order valence-electron chi connectivity index (χ2n) is 7.11. The van der Waals surface area contributed by atoms with Crippen LogP contribution >= 0.6 is 0 Å². The zero-order valence-corrected chi connectivity index (χ0v) is 14.8. The van der Waals surface area contributed by atoms with Gasteiger partial charge in [-0.15, -0.1) is 0 Å². The molecule has 0 spiro atoms. The minimum atomic E-state index is -0.506. The Labute approximate surface area is 148 Å². The summed E-state index contributed by atoms with van der Waals surface area (Å²) < 4.78 is 3.86. The van der Waals surface area contributed by atoms with Crippen molar-refractivity contribution in [3.05, 3.63) is 36.4 Å². The number of carbonyl (C=O) groups excluding carboxylic acids is 1. The first-order valence-corrected chi connectivity index (χ1v) is 9.24. The van der Waals surface area contributed by atoms with Gasteiger partial charge in [0.05, 0.1) is 6.20 Å². The van der Waals surface area contributed by atoms with Crippen molar-refractivity contribution < 1.29 is 4.79 Å². The lowest BCUT2D eigenvalue weighted by Gasteiger charge is -2.45. The van der Waals surface area contributed by atoms with Gasteiger partial charge in [0.2, 0.25) is 0 Å². The first-order valence-electron chi connectivity index (χ1n) is 9.24. The molecular weight excluding hydrogens is 316 g/mol. The number of rotatable bonds is 5. The maximum Gasteiger partial charge on any atom is 0.250 e. The standard InChI is InChI=1S/C18H26N6O/c1-2-23-15-16(13-20-23)14-21-11-5-18(6-12-21,24-10-3-7-19-24)17(25)22-8-4-9-22/h3,7,10,13,15H,2,4-6,8-9,11-12,14H2,1H3. The van der Waals surface area contributed by atoms with E-state index in [1.807, 2.05) is 32.7 Å². The Bertz CT molecular complexity index is 710. The number of hydrogen-bond donors (Lipinski definition) is 0. The third-order valence-corrected chi connectivity index (χ3v) is 5.58. The first kappa shape index (κ1) is 16.3. The molecule has 0 aromatic carbocycles. The highest BCUT2D eigenvalue weighted by molar-refractivity contribution is 5.85. The van der Waals surface area contributed by atoms with Gasteiger partial charge in [0, 0.05) is 63.4 Å². The summed E-state index contributed by atoms with van der Waals surface area (Å²) in [5.74, 6) is 0.251. The molecule has 2 aromatic rings. The van der Waals surface area contributed by atoms with Gasteiger partial charge in [0.1, 0.15) is 5.54 Å². The van der Waals surface area contributed by atoms with Crippen molar-refractivity contribution in [2.45, 2.75) is 44.8 Å². The Morgan fingerprint density at radius 1 is 1.20 bits per heavy atom. The lowest BCUT2D eigenvalue weighted by atomic mass is 9.85. The predicted molar refractivity (Wildman–Crippen MR) is 93.8 cm³/mol. The van der Waals surface area contributed by atoms with Crippen LogP contribution in [0.1, 0.15) is 31.7 Å². The molecule has 1 amide bonds. The Kier molecular flexibility index (Phi) is 4.33. The third-order valence-electron chi connectivity index (χ3n) is 5.58. The Morgan fingerprint density at radius 2 is 2.00 bits per heavy atom. The van der Waals surface area contributed by atoms with Crippen molar-refractivity contribution in [3.63, 3.8) is 0 Å². The van der Waals surface area contributed by atoms with E-state index in [1.165, 1.54) is 5.56 Å². The molecule has 0 unspecified atom stereocenters. The van der Waals surface area contributed by atoms with Crippen molar-refractivity contribution >= 4 is 5.91 Å². The van der Waals surface area contributed by atoms with E-state index in [-0.39, 0.29) is 5.91 Å². The number of hydrogen-bond acceptors (Lipinski definition) is 4. The molecule has 0 aliphatic carbocycles. The van der Waals surface area contributed by atoms with Crippen molar-refractivity contribution in [3.8, 4) is 0 Å². The molecule has 7 nitrogen and oxygen atoms in total. The van der Waals surface area contributed by atoms with Crippen LogP contribution in [-0.2, 0) is 23.4 Å². The van der Waals surface area contributed by atoms with E-state index in [2.05, 4.69) is 28.2 Å². The van der Waals surface area contributed by atoms with Crippen molar-refractivity contribution in [2.75, 3.05) is 26.2 Å². The predicted octanol–water partition coefficient (Wildman–Crippen LogP) is 1.32. The fraction of sp³-hybridized carbons (Fsp3) is 0.611. The van der Waals surface area contributed by atoms with Crippen LogP contribution in [0.25, 0.3) is 0 Å². The molecule has 0 radical (unpaired) electrons. The number of aromatic nitrogens is 4. The van der Waals surface area contributed by atoms with Crippen LogP contribution in [0.4, 0.5) is 0 Å². The van der Waals surface area contributed by atoms with Gasteiger partial charge < -0.3 is 4.90 Å². The molecule has 134 valence electrons. The van der Waals surface area contributed by atoms with Crippen LogP contribution in [-0.4, -0.2) is 61.4 Å². The molecule has 25 heavy (non-hydrogen) atoms. The van der Waals surface area contributed by atoms with Crippen molar-refractivity contribution in [2.24, 2.45) is 0 Å². The van der Waals surface area contributed by atoms with Crippen molar-refractivity contribution in [1.82, 2.24) is 29.4 Å². The summed E-state index contributed by atoms with van der Waals surface area (Å²) in [7, 11) is 0. The monoisotopic (exact) mass is 342 g/mol. The van der Waals surface area contributed by atoms with Crippen LogP contribution in [0, 0.1) is 0 Å². The summed E-state index contributed by atoms with van der Waals surface area (Å²) in [6.07, 6.45) is 10.5. The second-order valence-corrected chi connectivity index (χ2v) is 7.11. The second kappa shape index (κ2) is 6.63. The molecule has 2 saturated heterocycles. The van der Waals surface area contributed by atoms with E-state index in [1.54, 1.807) is 6.20 Å². The highest BCUT2D eigenvalue weighted by Crippen LogP contribution is 2.33. The molecule has 0 N–H and O–H groups in total. The zero-order chi connectivity index (χ0) is 17.3. The lowest BCUT2D eigenvalue weighted by Crippen LogP contribution is -2.59. The average molecular weight is 342 g/mol. The van der Waals surface area contributed by atoms with Gasteiger partial charge >= 0.3 is 0 Å². The maximum absolute atomic E-state index is 13.1. The number of piperidine rings is 1. The van der Waals surface area contributed by atoms with E-state index < -0.39 is 5.54 Å². The lowest BCUT2D eigenvalue weighted by molar-refractivity contribution is -0.148. The average Bonchev–Trinajstić information content (AvgIpc) is 3.26. The molecule has 0 bridgehead atoms. The minimum Gasteiger partial charge on any atom is -0.340 e. The molecule has 2 aliphatic rings. The van der Waals surface area contributed by atoms with E-state index in [4.69, 9.17) is 0 Å². The summed E-state index contributed by atoms with van der Waals surface area (Å²) in [6.45, 7) is 7.47. The molecule has 4 heterocycles. The molecule has 0 atom stereocenters. The van der Waals surface area contributed by atoms with Gasteiger partial charge in [-0.25, -0.2) is 0 Å². The Hall–Kier alpha value is -2.15. The third kappa shape index (κ3) is 2.97. The number of likely N-dealkylation sites (tertiary alicyclic amines) is 2. The Balaban J connectivity index is 1.47. The van der Waals surface area contributed by atoms with Crippen LogP contribution in [0.2, 0.25) is 0 Å². The first-order chi connectivity index (χ1) is 12.2. The van der Waals surface area contributed by atoms with Gasteiger partial charge in [-0.05, 0) is 32.3 Å². The minimum absolute atomic E-state index is 0.251. The maximum atomic E-state index is 13.1. The highest BCUT2D eigenvalue weighted by atomic mass is 16.2. The number of amides is 1. The van der Waals surface area contributed by atoms with Crippen LogP contribution in [0.3, 0.4) is 0 Å². The normalized spacial score (nSPS) is 20.4. The van der Waals surface area contributed by atoms with Crippen LogP contribution in [0.5, 0.6) is 0 Å². The zero-order valence-electron chi connectivity index (χ0n) is 14.8. The molecule has 2 aliphatic heterocycles. The highest BCUT2D eigenvalue weighted by Gasteiger charge is 2.46. The summed E-state index contributed by atoms with van der Waals surface area (Å²) in [6, 6.07) is 1.91. The fourth-order valence-corrected chi connectivity index (χ4v) is 3.88. The van der Waals surface area contributed by atoms with E-state index in [0.717, 1.165) is 58.5 Å². The molecular formula is C18H26N6O. The summed E-state index contributed by atoms with van der Waals surface area (Å²) in [5.41, 5.74) is 0.733. The Morgan fingerprint density at radius 3 is 2.56 bits per heavy atom. The SMILES string of the molecule is CCn1cc(CN2CCC(C(=O)N3CCC3)(n3cccn3)CC2)cn1. The van der Waals surface area contributed by atoms with Gasteiger partial charge in [-0.1, -0.05) is 0 Å². The van der Waals surface area contributed by atoms with Gasteiger partial charge in [0.15, 0.2) is 0 Å². The topological polar surface area (TPSA) is 59.2 Å². The van der Waals surface area contributed by atoms with E-state index in [0.29, 0.717) is 0 Å². The largest absolute Gasteiger partial charge is 0.340 e. The summed E-state index contributed by atoms with van der Waals surface area (Å²) >= 11 is 0. The van der Waals surface area contributed by atoms with E-state index >= 15 is 0 Å². The molecule has 0 saturated carbocycles. The van der Waals surface area contributed by atoms with Gasteiger partial charge in [-0.2, -0.15) is 10.2 Å². The van der Waals surface area contributed by atoms with Gasteiger partial charge in [-0.3, -0.25) is 19.1 Å². The van der Waals surface area contributed by atoms with Crippen LogP contribution < -0.4 is 0 Å². The quantitative estimate of drug-likeness (QED) is 0.822. The molecule has 4 rings (SSSR count). The summed E-state index contributed by atoms with van der Waals surface area (Å²) in [4.78, 5) is 17.5. The fourth-order valence-electron chi connectivity index (χ4n) is 3.88. The number of aryl methyl sites for hydroxylation is 1. The summed E-state index contributed by atoms with van der Waals surface area (Å²) in [5, 5.41) is 8.79. The number of nitrogens with zero attached hydrogens (tertiary/aromatic N) is 6. The number of carbonyl (C=O) groups is 1. The van der Waals surface area contributed by atoms with Crippen molar-refractivity contribution in [1.29, 1.82) is 0 Å². The molecule has 2 fully saturated rings. The molecule has 7 heteroatoms. The van der Waals surface area contributed by atoms with Gasteiger partial charge in [0.25, 0.3) is 5.91 Å².